The predicted molar refractivity (Wildman–Crippen MR) is 66.4 cm³/mol. The molecule has 0 N–H and O–H groups in total. The normalized spacial score (nSPS) is 16.6. The van der Waals surface area contributed by atoms with Crippen LogP contribution in [-0.2, 0) is 16.1 Å². The Morgan fingerprint density at radius 1 is 1.39 bits per heavy atom. The molecule has 0 atom stereocenters. The maximum absolute atomic E-state index is 13.5. The molecule has 0 saturated carbocycles. The third-order valence-electron chi connectivity index (χ3n) is 3.31. The smallest absolute Gasteiger partial charge is 0.225 e. The van der Waals surface area contributed by atoms with Crippen LogP contribution in [0.5, 0.6) is 0 Å². The Morgan fingerprint density at radius 2 is 2.06 bits per heavy atom. The maximum Gasteiger partial charge on any atom is 0.225 e. The van der Waals surface area contributed by atoms with Crippen molar-refractivity contribution in [1.29, 1.82) is 0 Å². The minimum atomic E-state index is -0.260. The predicted octanol–water partition coefficient (Wildman–Crippen LogP) is 2.21. The van der Waals surface area contributed by atoms with E-state index in [1.165, 1.54) is 6.07 Å². The highest BCUT2D eigenvalue weighted by Gasteiger charge is 2.24. The van der Waals surface area contributed by atoms with Crippen LogP contribution in [0.25, 0.3) is 0 Å². The third kappa shape index (κ3) is 3.07. The van der Waals surface area contributed by atoms with E-state index in [0.717, 1.165) is 12.8 Å². The van der Waals surface area contributed by atoms with Gasteiger partial charge in [-0.25, -0.2) is 4.39 Å². The summed E-state index contributed by atoms with van der Waals surface area (Å²) < 4.78 is 18.7. The molecule has 1 heterocycles. The van der Waals surface area contributed by atoms with Crippen LogP contribution in [0.4, 0.5) is 4.39 Å². The molecule has 2 rings (SSSR count). The van der Waals surface area contributed by atoms with E-state index in [0.29, 0.717) is 25.3 Å². The Kier molecular flexibility index (Phi) is 4.31. The fraction of sp³-hybridized carbons (Fsp3) is 0.500. The molecule has 0 unspecified atom stereocenters. The van der Waals surface area contributed by atoms with E-state index in [1.807, 2.05) is 0 Å². The number of amides is 1. The topological polar surface area (TPSA) is 29.5 Å². The van der Waals surface area contributed by atoms with Gasteiger partial charge in [-0.2, -0.15) is 0 Å². The molecule has 1 aliphatic heterocycles. The second-order valence-electron chi connectivity index (χ2n) is 4.67. The molecule has 98 valence electrons. The molecule has 1 aliphatic rings. The zero-order valence-electron chi connectivity index (χ0n) is 10.6. The second-order valence-corrected chi connectivity index (χ2v) is 4.67. The molecule has 0 bridgehead atoms. The highest BCUT2D eigenvalue weighted by molar-refractivity contribution is 5.78. The summed E-state index contributed by atoms with van der Waals surface area (Å²) in [5.74, 6) is -0.152. The van der Waals surface area contributed by atoms with Gasteiger partial charge in [-0.05, 0) is 18.9 Å². The highest BCUT2D eigenvalue weighted by Crippen LogP contribution is 2.18. The van der Waals surface area contributed by atoms with Gasteiger partial charge in [0.1, 0.15) is 5.82 Å². The highest BCUT2D eigenvalue weighted by atomic mass is 19.1. The number of hydrogen-bond acceptors (Lipinski definition) is 2. The summed E-state index contributed by atoms with van der Waals surface area (Å²) in [4.78, 5) is 13.8. The van der Waals surface area contributed by atoms with Gasteiger partial charge in [-0.3, -0.25) is 4.79 Å². The molecule has 0 aromatic heterocycles. The lowest BCUT2D eigenvalue weighted by Crippen LogP contribution is -2.35. The first-order valence-electron chi connectivity index (χ1n) is 6.24. The van der Waals surface area contributed by atoms with Crippen molar-refractivity contribution in [2.45, 2.75) is 19.4 Å². The van der Waals surface area contributed by atoms with Crippen molar-refractivity contribution in [2.24, 2.45) is 5.92 Å². The minimum Gasteiger partial charge on any atom is -0.381 e. The maximum atomic E-state index is 13.5. The summed E-state index contributed by atoms with van der Waals surface area (Å²) in [5.41, 5.74) is 0.556. The Labute approximate surface area is 107 Å². The number of hydrogen-bond donors (Lipinski definition) is 0. The molecular weight excluding hydrogens is 233 g/mol. The van der Waals surface area contributed by atoms with Crippen molar-refractivity contribution in [2.75, 3.05) is 20.3 Å². The van der Waals surface area contributed by atoms with Gasteiger partial charge in [-0.15, -0.1) is 0 Å². The lowest BCUT2D eigenvalue weighted by atomic mass is 9.98. The van der Waals surface area contributed by atoms with Crippen LogP contribution in [0.3, 0.4) is 0 Å². The van der Waals surface area contributed by atoms with Gasteiger partial charge in [-0.1, -0.05) is 18.2 Å². The first-order chi connectivity index (χ1) is 8.68. The summed E-state index contributed by atoms with van der Waals surface area (Å²) >= 11 is 0. The summed E-state index contributed by atoms with van der Waals surface area (Å²) in [6, 6.07) is 6.56. The summed E-state index contributed by atoms with van der Waals surface area (Å²) in [6.45, 7) is 1.61. The van der Waals surface area contributed by atoms with E-state index in [4.69, 9.17) is 4.74 Å². The number of benzene rings is 1. The van der Waals surface area contributed by atoms with E-state index in [-0.39, 0.29) is 17.6 Å². The molecule has 1 aromatic rings. The molecule has 3 nitrogen and oxygen atoms in total. The largest absolute Gasteiger partial charge is 0.381 e. The number of rotatable bonds is 3. The zero-order chi connectivity index (χ0) is 13.0. The summed E-state index contributed by atoms with van der Waals surface area (Å²) in [6.07, 6.45) is 1.53. The molecule has 1 amide bonds. The summed E-state index contributed by atoms with van der Waals surface area (Å²) in [5, 5.41) is 0. The van der Waals surface area contributed by atoms with Crippen molar-refractivity contribution < 1.29 is 13.9 Å². The molecule has 1 fully saturated rings. The molecule has 0 aliphatic carbocycles. The van der Waals surface area contributed by atoms with Crippen molar-refractivity contribution >= 4 is 5.91 Å². The minimum absolute atomic E-state index is 0.0236. The van der Waals surface area contributed by atoms with Crippen molar-refractivity contribution in [3.63, 3.8) is 0 Å². The molecule has 18 heavy (non-hydrogen) atoms. The van der Waals surface area contributed by atoms with Crippen LogP contribution < -0.4 is 0 Å². The number of ether oxygens (including phenoxy) is 1. The van der Waals surface area contributed by atoms with Gasteiger partial charge < -0.3 is 9.64 Å². The number of halogens is 1. The fourth-order valence-electron chi connectivity index (χ4n) is 2.22. The van der Waals surface area contributed by atoms with E-state index in [9.17, 15) is 9.18 Å². The Morgan fingerprint density at radius 3 is 2.72 bits per heavy atom. The lowest BCUT2D eigenvalue weighted by molar-refractivity contribution is -0.137. The lowest BCUT2D eigenvalue weighted by Gasteiger charge is -2.26. The average molecular weight is 251 g/mol. The number of carbonyl (C=O) groups excluding carboxylic acids is 1. The van der Waals surface area contributed by atoms with E-state index >= 15 is 0 Å². The van der Waals surface area contributed by atoms with Crippen LogP contribution in [0.2, 0.25) is 0 Å². The summed E-state index contributed by atoms with van der Waals surface area (Å²) in [7, 11) is 1.73. The molecule has 0 radical (unpaired) electrons. The SMILES string of the molecule is CN(Cc1ccccc1F)C(=O)C1CCOCC1. The molecule has 4 heteroatoms. The van der Waals surface area contributed by atoms with Crippen molar-refractivity contribution in [1.82, 2.24) is 4.90 Å². The number of carbonyl (C=O) groups is 1. The van der Waals surface area contributed by atoms with Gasteiger partial charge in [0.05, 0.1) is 0 Å². The van der Waals surface area contributed by atoms with Gasteiger partial charge in [0, 0.05) is 38.3 Å². The quantitative estimate of drug-likeness (QED) is 0.824. The van der Waals surface area contributed by atoms with Crippen LogP contribution in [0.15, 0.2) is 24.3 Å². The van der Waals surface area contributed by atoms with E-state index in [1.54, 1.807) is 30.1 Å². The van der Waals surface area contributed by atoms with Crippen molar-refractivity contribution in [3.8, 4) is 0 Å². The second kappa shape index (κ2) is 5.96. The Hall–Kier alpha value is -1.42. The van der Waals surface area contributed by atoms with E-state index in [2.05, 4.69) is 0 Å². The zero-order valence-corrected chi connectivity index (χ0v) is 10.6. The first kappa shape index (κ1) is 13.0. The van der Waals surface area contributed by atoms with Crippen LogP contribution in [0.1, 0.15) is 18.4 Å². The molecule has 1 aromatic carbocycles. The Bertz CT molecular complexity index is 416. The first-order valence-corrected chi connectivity index (χ1v) is 6.24. The Balaban J connectivity index is 1.96. The van der Waals surface area contributed by atoms with E-state index < -0.39 is 0 Å². The fourth-order valence-corrected chi connectivity index (χ4v) is 2.22. The number of nitrogens with zero attached hydrogens (tertiary/aromatic N) is 1. The monoisotopic (exact) mass is 251 g/mol. The standard InChI is InChI=1S/C14H18FNO2/c1-16(10-12-4-2-3-5-13(12)15)14(17)11-6-8-18-9-7-11/h2-5,11H,6-10H2,1H3. The van der Waals surface area contributed by atoms with Gasteiger partial charge >= 0.3 is 0 Å². The van der Waals surface area contributed by atoms with Gasteiger partial charge in [0.15, 0.2) is 0 Å². The molecular formula is C14H18FNO2. The van der Waals surface area contributed by atoms with Crippen molar-refractivity contribution in [3.05, 3.63) is 35.6 Å². The van der Waals surface area contributed by atoms with Gasteiger partial charge in [0.25, 0.3) is 0 Å². The third-order valence-corrected chi connectivity index (χ3v) is 3.31. The van der Waals surface area contributed by atoms with Crippen LogP contribution in [0, 0.1) is 11.7 Å². The molecule has 0 spiro atoms. The van der Waals surface area contributed by atoms with Crippen LogP contribution in [-0.4, -0.2) is 31.1 Å². The van der Waals surface area contributed by atoms with Gasteiger partial charge in [0.2, 0.25) is 5.91 Å². The molecule has 1 saturated heterocycles. The van der Waals surface area contributed by atoms with Crippen LogP contribution >= 0.6 is 0 Å². The average Bonchev–Trinajstić information content (AvgIpc) is 2.41.